The molecule has 0 unspecified atom stereocenters. The number of hydrogen-bond acceptors (Lipinski definition) is 1. The monoisotopic (exact) mass is 460 g/mol. The van der Waals surface area contributed by atoms with Crippen LogP contribution in [0, 0.1) is 29.4 Å². The number of hydrogen-bond donors (Lipinski definition) is 0. The second kappa shape index (κ2) is 10.3. The van der Waals surface area contributed by atoms with Gasteiger partial charge in [-0.2, -0.15) is 8.78 Å². The molecule has 2 aromatic carbocycles. The molecule has 178 valence electrons. The van der Waals surface area contributed by atoms with Crippen LogP contribution in [0.1, 0.15) is 75.3 Å². The highest BCUT2D eigenvalue weighted by atomic mass is 19.3. The maximum Gasteiger partial charge on any atom is 0.426 e. The number of rotatable bonds is 6. The fourth-order valence-electron chi connectivity index (χ4n) is 5.13. The summed E-state index contributed by atoms with van der Waals surface area (Å²) < 4.78 is 60.0. The minimum absolute atomic E-state index is 0.311. The molecule has 2 fully saturated rings. The van der Waals surface area contributed by atoms with Gasteiger partial charge in [-0.15, -0.1) is 0 Å². The van der Waals surface area contributed by atoms with E-state index in [1.807, 2.05) is 0 Å². The van der Waals surface area contributed by atoms with Crippen molar-refractivity contribution in [2.45, 2.75) is 70.3 Å². The van der Waals surface area contributed by atoms with Crippen LogP contribution < -0.4 is 4.74 Å². The molecule has 2 aliphatic carbocycles. The Labute approximate surface area is 193 Å². The maximum atomic E-state index is 14.5. The van der Waals surface area contributed by atoms with Gasteiger partial charge in [-0.25, -0.2) is 8.78 Å². The molecular weight excluding hydrogens is 428 g/mol. The van der Waals surface area contributed by atoms with Gasteiger partial charge in [-0.3, -0.25) is 0 Å². The zero-order valence-corrected chi connectivity index (χ0v) is 19.1. The van der Waals surface area contributed by atoms with Crippen molar-refractivity contribution < 1.29 is 22.3 Å². The predicted octanol–water partition coefficient (Wildman–Crippen LogP) is 8.75. The van der Waals surface area contributed by atoms with Crippen LogP contribution in [-0.4, -0.2) is 0 Å². The molecule has 0 heterocycles. The van der Waals surface area contributed by atoms with Crippen LogP contribution in [0.25, 0.3) is 0 Å². The normalized spacial score (nSPS) is 26.5. The standard InChI is InChI=1S/C28H32F4O/c1-19-2-4-20(5-3-19)6-7-21-8-10-22(11-9-21)23-12-14-24(15-13-23)28(31,32)33-25-16-17-26(29)27(30)18-25/h6-7,12-22H,2-5,8-11H2,1H3/b7-6+. The molecule has 0 N–H and O–H groups in total. The van der Waals surface area contributed by atoms with Crippen LogP contribution in [0.3, 0.4) is 0 Å². The first kappa shape index (κ1) is 23.8. The van der Waals surface area contributed by atoms with E-state index in [0.717, 1.165) is 55.2 Å². The van der Waals surface area contributed by atoms with Gasteiger partial charge in [0.25, 0.3) is 0 Å². The summed E-state index contributed by atoms with van der Waals surface area (Å²) in [6.45, 7) is 2.34. The zero-order chi connectivity index (χ0) is 23.4. The molecule has 33 heavy (non-hydrogen) atoms. The topological polar surface area (TPSA) is 9.23 Å². The van der Waals surface area contributed by atoms with Crippen LogP contribution in [0.5, 0.6) is 5.75 Å². The van der Waals surface area contributed by atoms with Gasteiger partial charge in [0, 0.05) is 6.07 Å². The molecule has 0 amide bonds. The highest BCUT2D eigenvalue weighted by Crippen LogP contribution is 2.39. The van der Waals surface area contributed by atoms with E-state index in [4.69, 9.17) is 0 Å². The lowest BCUT2D eigenvalue weighted by atomic mass is 9.77. The maximum absolute atomic E-state index is 14.5. The molecule has 2 saturated carbocycles. The van der Waals surface area contributed by atoms with Gasteiger partial charge >= 0.3 is 6.11 Å². The van der Waals surface area contributed by atoms with Crippen molar-refractivity contribution >= 4 is 0 Å². The Morgan fingerprint density at radius 3 is 1.91 bits per heavy atom. The predicted molar refractivity (Wildman–Crippen MR) is 122 cm³/mol. The molecule has 0 spiro atoms. The van der Waals surface area contributed by atoms with Crippen LogP contribution in [0.15, 0.2) is 54.6 Å². The Morgan fingerprint density at radius 2 is 1.33 bits per heavy atom. The summed E-state index contributed by atoms with van der Waals surface area (Å²) >= 11 is 0. The number of halogens is 4. The lowest BCUT2D eigenvalue weighted by molar-refractivity contribution is -0.185. The Balaban J connectivity index is 1.30. The van der Waals surface area contributed by atoms with Gasteiger partial charge in [0.1, 0.15) is 5.75 Å². The van der Waals surface area contributed by atoms with E-state index in [1.165, 1.54) is 37.8 Å². The molecule has 5 heteroatoms. The highest BCUT2D eigenvalue weighted by Gasteiger charge is 2.35. The molecular formula is C28H32F4O. The van der Waals surface area contributed by atoms with Crippen LogP contribution in [0.4, 0.5) is 17.6 Å². The third kappa shape index (κ3) is 6.18. The van der Waals surface area contributed by atoms with E-state index in [-0.39, 0.29) is 5.56 Å². The largest absolute Gasteiger partial charge is 0.429 e. The summed E-state index contributed by atoms with van der Waals surface area (Å²) in [5.74, 6) is -0.150. The molecule has 0 aliphatic heterocycles. The van der Waals surface area contributed by atoms with E-state index in [1.54, 1.807) is 12.1 Å². The third-order valence-electron chi connectivity index (χ3n) is 7.34. The minimum atomic E-state index is -3.64. The molecule has 0 bridgehead atoms. The van der Waals surface area contributed by atoms with Gasteiger partial charge in [0.15, 0.2) is 11.6 Å². The van der Waals surface area contributed by atoms with E-state index in [0.29, 0.717) is 17.9 Å². The van der Waals surface area contributed by atoms with Crippen LogP contribution in [-0.2, 0) is 6.11 Å². The summed E-state index contributed by atoms with van der Waals surface area (Å²) in [4.78, 5) is 0. The fraction of sp³-hybridized carbons (Fsp3) is 0.500. The third-order valence-corrected chi connectivity index (χ3v) is 7.34. The molecule has 0 radical (unpaired) electrons. The van der Waals surface area contributed by atoms with Crippen molar-refractivity contribution in [1.82, 2.24) is 0 Å². The highest BCUT2D eigenvalue weighted by molar-refractivity contribution is 5.30. The summed E-state index contributed by atoms with van der Waals surface area (Å²) in [7, 11) is 0. The van der Waals surface area contributed by atoms with Crippen LogP contribution >= 0.6 is 0 Å². The molecule has 1 nitrogen and oxygen atoms in total. The summed E-state index contributed by atoms with van der Waals surface area (Å²) in [6, 6.07) is 8.59. The van der Waals surface area contributed by atoms with Gasteiger partial charge in [0.05, 0.1) is 5.56 Å². The molecule has 0 aromatic heterocycles. The second-order valence-electron chi connectivity index (χ2n) is 9.83. The van der Waals surface area contributed by atoms with Gasteiger partial charge in [-0.05, 0) is 92.0 Å². The summed E-state index contributed by atoms with van der Waals surface area (Å²) in [5, 5.41) is 0. The first-order chi connectivity index (χ1) is 15.8. The SMILES string of the molecule is CC1CCC(/C=C/C2CCC(c3ccc(C(F)(F)Oc4ccc(F)c(F)c4)cc3)CC2)CC1. The molecule has 0 atom stereocenters. The van der Waals surface area contributed by atoms with Crippen molar-refractivity contribution in [3.8, 4) is 5.75 Å². The summed E-state index contributed by atoms with van der Waals surface area (Å²) in [6.07, 6.45) is 10.9. The first-order valence-electron chi connectivity index (χ1n) is 12.1. The second-order valence-corrected chi connectivity index (χ2v) is 9.83. The zero-order valence-electron chi connectivity index (χ0n) is 19.1. The Kier molecular flexibility index (Phi) is 7.45. The molecule has 4 rings (SSSR count). The van der Waals surface area contributed by atoms with Crippen molar-refractivity contribution in [3.63, 3.8) is 0 Å². The van der Waals surface area contributed by atoms with E-state index >= 15 is 0 Å². The Bertz CT molecular complexity index is 937. The molecule has 2 aromatic rings. The average molecular weight is 461 g/mol. The number of alkyl halides is 2. The Morgan fingerprint density at radius 1 is 0.758 bits per heavy atom. The quantitative estimate of drug-likeness (QED) is 0.309. The molecule has 0 saturated heterocycles. The number of allylic oxidation sites excluding steroid dienone is 2. The molecule has 2 aliphatic rings. The minimum Gasteiger partial charge on any atom is -0.429 e. The van der Waals surface area contributed by atoms with Crippen LogP contribution in [0.2, 0.25) is 0 Å². The Hall–Kier alpha value is -2.30. The van der Waals surface area contributed by atoms with Crippen molar-refractivity contribution in [3.05, 3.63) is 77.4 Å². The number of benzene rings is 2. The van der Waals surface area contributed by atoms with E-state index < -0.39 is 23.5 Å². The fourth-order valence-corrected chi connectivity index (χ4v) is 5.13. The summed E-state index contributed by atoms with van der Waals surface area (Å²) in [5.41, 5.74) is 0.750. The van der Waals surface area contributed by atoms with Gasteiger partial charge < -0.3 is 4.74 Å². The van der Waals surface area contributed by atoms with Crippen molar-refractivity contribution in [1.29, 1.82) is 0 Å². The number of ether oxygens (including phenoxy) is 1. The van der Waals surface area contributed by atoms with Crippen molar-refractivity contribution in [2.24, 2.45) is 17.8 Å². The average Bonchev–Trinajstić information content (AvgIpc) is 2.81. The lowest BCUT2D eigenvalue weighted by Gasteiger charge is -2.28. The first-order valence-corrected chi connectivity index (χ1v) is 12.1. The van der Waals surface area contributed by atoms with Crippen molar-refractivity contribution in [2.75, 3.05) is 0 Å². The van der Waals surface area contributed by atoms with E-state index in [9.17, 15) is 17.6 Å². The van der Waals surface area contributed by atoms with E-state index in [2.05, 4.69) is 23.8 Å². The van der Waals surface area contributed by atoms with Gasteiger partial charge in [-0.1, -0.05) is 44.1 Å². The lowest BCUT2D eigenvalue weighted by Crippen LogP contribution is -2.22. The smallest absolute Gasteiger partial charge is 0.426 e. The van der Waals surface area contributed by atoms with Gasteiger partial charge in [0.2, 0.25) is 0 Å².